The van der Waals surface area contributed by atoms with Crippen molar-refractivity contribution in [2.45, 2.75) is 142 Å². The molecular weight excluding hydrogens is 480 g/mol. The van der Waals surface area contributed by atoms with Crippen LogP contribution in [0.25, 0.3) is 0 Å². The zero-order valence-electron chi connectivity index (χ0n) is 25.3. The highest BCUT2D eigenvalue weighted by atomic mass is 16.6. The molecule has 0 rings (SSSR count). The number of ether oxygens (including phenoxy) is 1. The van der Waals surface area contributed by atoms with E-state index in [-0.39, 0.29) is 0 Å². The first kappa shape index (κ1) is 36.6. The van der Waals surface area contributed by atoms with Crippen LogP contribution < -0.4 is 0 Å². The van der Waals surface area contributed by atoms with E-state index in [1.165, 1.54) is 51.4 Å². The molecule has 0 saturated heterocycles. The second-order valence-corrected chi connectivity index (χ2v) is 10.1. The number of hydrogen-bond acceptors (Lipinski definition) is 3. The Morgan fingerprint density at radius 1 is 0.410 bits per heavy atom. The number of rotatable bonds is 26. The van der Waals surface area contributed by atoms with Gasteiger partial charge in [0.25, 0.3) is 0 Å². The molecule has 0 amide bonds. The van der Waals surface area contributed by atoms with E-state index in [1.54, 1.807) is 0 Å². The van der Waals surface area contributed by atoms with Gasteiger partial charge in [-0.25, -0.2) is 0 Å². The van der Waals surface area contributed by atoms with Crippen LogP contribution in [0.2, 0.25) is 0 Å². The van der Waals surface area contributed by atoms with Crippen LogP contribution in [0.5, 0.6) is 0 Å². The van der Waals surface area contributed by atoms with Crippen molar-refractivity contribution >= 4 is 11.9 Å². The van der Waals surface area contributed by atoms with Crippen LogP contribution in [0.3, 0.4) is 0 Å². The van der Waals surface area contributed by atoms with Crippen molar-refractivity contribution < 1.29 is 14.3 Å². The lowest BCUT2D eigenvalue weighted by molar-refractivity contribution is -0.159. The van der Waals surface area contributed by atoms with Crippen molar-refractivity contribution in [1.82, 2.24) is 0 Å². The van der Waals surface area contributed by atoms with Gasteiger partial charge in [0, 0.05) is 12.8 Å². The fraction of sp³-hybridized carbons (Fsp3) is 0.611. The van der Waals surface area contributed by atoms with Crippen molar-refractivity contribution in [3.05, 3.63) is 72.9 Å². The molecule has 0 aromatic rings. The van der Waals surface area contributed by atoms with Gasteiger partial charge >= 0.3 is 11.9 Å². The maximum atomic E-state index is 11.9. The first-order valence-electron chi connectivity index (χ1n) is 15.8. The smallest absolute Gasteiger partial charge is 0.313 e. The van der Waals surface area contributed by atoms with E-state index >= 15 is 0 Å². The molecule has 0 saturated carbocycles. The predicted octanol–water partition coefficient (Wildman–Crippen LogP) is 11.2. The molecular formula is C36H58O3. The first-order chi connectivity index (χ1) is 19.2. The summed E-state index contributed by atoms with van der Waals surface area (Å²) in [5.74, 6) is -0.783. The molecule has 0 aliphatic heterocycles. The molecule has 0 bridgehead atoms. The third-order valence-electron chi connectivity index (χ3n) is 6.27. The Bertz CT molecular complexity index is 674. The van der Waals surface area contributed by atoms with E-state index in [0.717, 1.165) is 64.2 Å². The topological polar surface area (TPSA) is 43.4 Å². The van der Waals surface area contributed by atoms with E-state index in [0.29, 0.717) is 12.8 Å². The van der Waals surface area contributed by atoms with Crippen LogP contribution in [0.1, 0.15) is 142 Å². The minimum absolute atomic E-state index is 0.314. The summed E-state index contributed by atoms with van der Waals surface area (Å²) in [6.07, 6.45) is 46.5. The maximum Gasteiger partial charge on any atom is 0.313 e. The highest BCUT2D eigenvalue weighted by Gasteiger charge is 2.09. The van der Waals surface area contributed by atoms with E-state index < -0.39 is 11.9 Å². The molecule has 0 aromatic heterocycles. The molecule has 0 radical (unpaired) electrons. The van der Waals surface area contributed by atoms with E-state index in [9.17, 15) is 9.59 Å². The molecule has 0 N–H and O–H groups in total. The van der Waals surface area contributed by atoms with Crippen LogP contribution in [-0.4, -0.2) is 11.9 Å². The Hall–Kier alpha value is -2.42. The van der Waals surface area contributed by atoms with Gasteiger partial charge in [0.15, 0.2) is 0 Å². The van der Waals surface area contributed by atoms with Crippen LogP contribution in [0.4, 0.5) is 0 Å². The maximum absolute atomic E-state index is 11.9. The lowest BCUT2D eigenvalue weighted by Crippen LogP contribution is -2.11. The van der Waals surface area contributed by atoms with Gasteiger partial charge < -0.3 is 4.74 Å². The molecule has 0 aromatic carbocycles. The molecule has 3 nitrogen and oxygen atoms in total. The lowest BCUT2D eigenvalue weighted by Gasteiger charge is -2.02. The van der Waals surface area contributed by atoms with Gasteiger partial charge in [0.1, 0.15) is 0 Å². The van der Waals surface area contributed by atoms with Crippen molar-refractivity contribution in [1.29, 1.82) is 0 Å². The Balaban J connectivity index is 3.57. The summed E-state index contributed by atoms with van der Waals surface area (Å²) in [6, 6.07) is 0. The molecule has 0 unspecified atom stereocenters. The average Bonchev–Trinajstić information content (AvgIpc) is 2.93. The zero-order chi connectivity index (χ0) is 28.5. The van der Waals surface area contributed by atoms with Crippen molar-refractivity contribution in [2.75, 3.05) is 0 Å². The van der Waals surface area contributed by atoms with Gasteiger partial charge in [-0.2, -0.15) is 0 Å². The molecule has 0 heterocycles. The van der Waals surface area contributed by atoms with Gasteiger partial charge in [0.2, 0.25) is 0 Å². The van der Waals surface area contributed by atoms with E-state index in [2.05, 4.69) is 86.8 Å². The summed E-state index contributed by atoms with van der Waals surface area (Å²) in [7, 11) is 0. The fourth-order valence-corrected chi connectivity index (χ4v) is 3.87. The van der Waals surface area contributed by atoms with Gasteiger partial charge in [-0.15, -0.1) is 0 Å². The molecule has 0 aliphatic rings. The standard InChI is InChI=1S/C36H58O3/c1-3-5-7-9-11-13-15-17-19-21-23-25-27-29-31-33-35(37)39-36(38)34-32-30-28-26-24-22-20-18-16-14-12-10-8-6-4-2/h11-14,17-20,23-26H,3-10,15-16,21-22,27-34H2,1-2H3. The zero-order valence-corrected chi connectivity index (χ0v) is 25.3. The van der Waals surface area contributed by atoms with Gasteiger partial charge in [-0.3, -0.25) is 9.59 Å². The van der Waals surface area contributed by atoms with Crippen LogP contribution in [0, 0.1) is 0 Å². The highest BCUT2D eigenvalue weighted by Crippen LogP contribution is 2.07. The highest BCUT2D eigenvalue weighted by molar-refractivity contribution is 5.85. The van der Waals surface area contributed by atoms with E-state index in [1.807, 2.05) is 0 Å². The normalized spacial score (nSPS) is 12.5. The van der Waals surface area contributed by atoms with Crippen molar-refractivity contribution in [2.24, 2.45) is 0 Å². The molecule has 0 spiro atoms. The summed E-state index contributed by atoms with van der Waals surface area (Å²) >= 11 is 0. The SMILES string of the molecule is CCCCCC=CCC=CCC=CCCCCC(=O)OC(=O)CCCCC=CCC=CCC=CCCCCC. The largest absolute Gasteiger partial charge is 0.393 e. The Labute approximate surface area is 241 Å². The third kappa shape index (κ3) is 31.7. The minimum atomic E-state index is -0.392. The Morgan fingerprint density at radius 2 is 0.692 bits per heavy atom. The van der Waals surface area contributed by atoms with Crippen LogP contribution in [0.15, 0.2) is 72.9 Å². The van der Waals surface area contributed by atoms with Gasteiger partial charge in [0.05, 0.1) is 0 Å². The molecule has 39 heavy (non-hydrogen) atoms. The second-order valence-electron chi connectivity index (χ2n) is 10.1. The fourth-order valence-electron chi connectivity index (χ4n) is 3.87. The van der Waals surface area contributed by atoms with Gasteiger partial charge in [-0.1, -0.05) is 112 Å². The second kappa shape index (κ2) is 31.8. The Morgan fingerprint density at radius 3 is 1.00 bits per heavy atom. The molecule has 0 aliphatic carbocycles. The first-order valence-corrected chi connectivity index (χ1v) is 15.8. The summed E-state index contributed by atoms with van der Waals surface area (Å²) in [6.45, 7) is 4.46. The average molecular weight is 539 g/mol. The number of esters is 2. The van der Waals surface area contributed by atoms with Crippen molar-refractivity contribution in [3.8, 4) is 0 Å². The number of hydrogen-bond donors (Lipinski definition) is 0. The van der Waals surface area contributed by atoms with Crippen molar-refractivity contribution in [3.63, 3.8) is 0 Å². The molecule has 220 valence electrons. The predicted molar refractivity (Wildman–Crippen MR) is 170 cm³/mol. The van der Waals surface area contributed by atoms with E-state index in [4.69, 9.17) is 4.74 Å². The monoisotopic (exact) mass is 538 g/mol. The number of allylic oxidation sites excluding steroid dienone is 12. The lowest BCUT2D eigenvalue weighted by atomic mass is 10.1. The molecule has 0 atom stereocenters. The number of unbranched alkanes of at least 4 members (excludes halogenated alkanes) is 10. The van der Waals surface area contributed by atoms with Gasteiger partial charge in [-0.05, 0) is 89.9 Å². The number of carbonyl (C=O) groups is 2. The third-order valence-corrected chi connectivity index (χ3v) is 6.27. The van der Waals surface area contributed by atoms with Crippen LogP contribution in [-0.2, 0) is 14.3 Å². The summed E-state index contributed by atoms with van der Waals surface area (Å²) in [4.78, 5) is 23.7. The summed E-state index contributed by atoms with van der Waals surface area (Å²) in [5, 5.41) is 0. The summed E-state index contributed by atoms with van der Waals surface area (Å²) < 4.78 is 4.95. The number of carbonyl (C=O) groups excluding carboxylic acids is 2. The Kier molecular flexibility index (Phi) is 29.8. The quantitative estimate of drug-likeness (QED) is 0.0476. The van der Waals surface area contributed by atoms with Crippen LogP contribution >= 0.6 is 0 Å². The molecule has 0 fully saturated rings. The minimum Gasteiger partial charge on any atom is -0.393 e. The molecule has 3 heteroatoms. The summed E-state index contributed by atoms with van der Waals surface area (Å²) in [5.41, 5.74) is 0.